The van der Waals surface area contributed by atoms with Gasteiger partial charge in [-0.2, -0.15) is 0 Å². The maximum absolute atomic E-state index is 12.7. The highest BCUT2D eigenvalue weighted by Gasteiger charge is 2.17. The maximum Gasteiger partial charge on any atom is 0.338 e. The largest absolute Gasteiger partial charge is 0.462 e. The molecule has 1 aromatic heterocycles. The minimum Gasteiger partial charge on any atom is -0.462 e. The van der Waals surface area contributed by atoms with Crippen LogP contribution in [0, 0.1) is 13.8 Å². The van der Waals surface area contributed by atoms with Crippen LogP contribution in [0.4, 0.5) is 11.4 Å². The van der Waals surface area contributed by atoms with E-state index in [9.17, 15) is 14.4 Å². The van der Waals surface area contributed by atoms with Gasteiger partial charge in [-0.15, -0.1) is 16.8 Å². The van der Waals surface area contributed by atoms with Gasteiger partial charge >= 0.3 is 5.97 Å². The predicted octanol–water partition coefficient (Wildman–Crippen LogP) is 4.56. The number of thioether (sulfide) groups is 1. The zero-order chi connectivity index (χ0) is 26.8. The van der Waals surface area contributed by atoms with E-state index >= 15 is 0 Å². The van der Waals surface area contributed by atoms with Crippen molar-refractivity contribution in [2.24, 2.45) is 0 Å². The molecule has 1 heterocycles. The van der Waals surface area contributed by atoms with Gasteiger partial charge in [0.25, 0.3) is 0 Å². The van der Waals surface area contributed by atoms with Crippen LogP contribution in [0.1, 0.15) is 40.7 Å². The summed E-state index contributed by atoms with van der Waals surface area (Å²) in [6.45, 7) is 10.3. The molecule has 0 saturated heterocycles. The first-order chi connectivity index (χ1) is 17.8. The number of benzene rings is 2. The van der Waals surface area contributed by atoms with E-state index < -0.39 is 5.97 Å². The molecule has 3 rings (SSSR count). The summed E-state index contributed by atoms with van der Waals surface area (Å²) in [5.74, 6) is -0.369. The lowest BCUT2D eigenvalue weighted by atomic mass is 10.1. The molecule has 9 nitrogen and oxygen atoms in total. The van der Waals surface area contributed by atoms with Gasteiger partial charge in [-0.3, -0.25) is 9.59 Å². The van der Waals surface area contributed by atoms with E-state index in [1.165, 1.54) is 11.8 Å². The fourth-order valence-electron chi connectivity index (χ4n) is 3.54. The number of nitrogens with one attached hydrogen (secondary N) is 2. The van der Waals surface area contributed by atoms with Gasteiger partial charge in [-0.1, -0.05) is 49.0 Å². The summed E-state index contributed by atoms with van der Waals surface area (Å²) in [5, 5.41) is 14.6. The highest BCUT2D eigenvalue weighted by Crippen LogP contribution is 2.21. The Morgan fingerprint density at radius 2 is 1.78 bits per heavy atom. The summed E-state index contributed by atoms with van der Waals surface area (Å²) >= 11 is 1.20. The Bertz CT molecular complexity index is 1270. The summed E-state index contributed by atoms with van der Waals surface area (Å²) in [7, 11) is 0. The van der Waals surface area contributed by atoms with Crippen LogP contribution in [0.2, 0.25) is 0 Å². The molecule has 0 aliphatic rings. The fourth-order valence-corrected chi connectivity index (χ4v) is 4.30. The van der Waals surface area contributed by atoms with Gasteiger partial charge in [-0.05, 0) is 49.6 Å². The van der Waals surface area contributed by atoms with Gasteiger partial charge in [0, 0.05) is 17.9 Å². The van der Waals surface area contributed by atoms with Crippen molar-refractivity contribution < 1.29 is 19.1 Å². The number of aryl methyl sites for hydroxylation is 2. The molecule has 0 unspecified atom stereocenters. The van der Waals surface area contributed by atoms with Crippen molar-refractivity contribution in [1.29, 1.82) is 0 Å². The Balaban J connectivity index is 1.61. The lowest BCUT2D eigenvalue weighted by Gasteiger charge is -2.12. The number of aromatic nitrogens is 3. The van der Waals surface area contributed by atoms with E-state index in [0.717, 1.165) is 23.2 Å². The summed E-state index contributed by atoms with van der Waals surface area (Å²) in [5.41, 5.74) is 3.61. The Morgan fingerprint density at radius 1 is 1.05 bits per heavy atom. The number of carbonyl (C=O) groups excluding carboxylic acids is 3. The summed E-state index contributed by atoms with van der Waals surface area (Å²) in [4.78, 5) is 37.4. The topological polar surface area (TPSA) is 115 Å². The number of anilines is 2. The van der Waals surface area contributed by atoms with Crippen LogP contribution >= 0.6 is 11.8 Å². The van der Waals surface area contributed by atoms with E-state index in [-0.39, 0.29) is 24.0 Å². The second-order valence-corrected chi connectivity index (χ2v) is 9.29. The molecule has 0 spiro atoms. The van der Waals surface area contributed by atoms with Crippen molar-refractivity contribution in [2.45, 2.75) is 45.3 Å². The minimum absolute atomic E-state index is 0.0301. The first kappa shape index (κ1) is 27.7. The van der Waals surface area contributed by atoms with E-state index in [1.807, 2.05) is 39.0 Å². The van der Waals surface area contributed by atoms with E-state index in [1.54, 1.807) is 34.9 Å². The third-order valence-corrected chi connectivity index (χ3v) is 6.29. The number of allylic oxidation sites excluding steroid dienone is 1. The summed E-state index contributed by atoms with van der Waals surface area (Å²) in [6, 6.07) is 12.4. The monoisotopic (exact) mass is 521 g/mol. The van der Waals surface area contributed by atoms with E-state index in [2.05, 4.69) is 27.4 Å². The zero-order valence-corrected chi connectivity index (χ0v) is 22.1. The van der Waals surface area contributed by atoms with Crippen molar-refractivity contribution >= 4 is 40.9 Å². The molecule has 0 fully saturated rings. The molecule has 0 atom stereocenters. The van der Waals surface area contributed by atoms with Gasteiger partial charge in [0.1, 0.15) is 5.82 Å². The molecule has 10 heteroatoms. The van der Waals surface area contributed by atoms with Crippen molar-refractivity contribution in [3.8, 4) is 0 Å². The van der Waals surface area contributed by atoms with Crippen molar-refractivity contribution in [2.75, 3.05) is 23.0 Å². The Morgan fingerprint density at radius 3 is 2.49 bits per heavy atom. The molecule has 0 saturated carbocycles. The van der Waals surface area contributed by atoms with Crippen LogP contribution in [0.3, 0.4) is 0 Å². The normalized spacial score (nSPS) is 10.6. The number of ether oxygens (including phenoxy) is 1. The first-order valence-electron chi connectivity index (χ1n) is 11.9. The van der Waals surface area contributed by atoms with Crippen LogP contribution in [0.15, 0.2) is 60.3 Å². The predicted molar refractivity (Wildman–Crippen MR) is 145 cm³/mol. The maximum atomic E-state index is 12.7. The molecule has 2 amide bonds. The van der Waals surface area contributed by atoms with E-state index in [4.69, 9.17) is 4.74 Å². The van der Waals surface area contributed by atoms with Crippen LogP contribution in [0.25, 0.3) is 0 Å². The second-order valence-electron chi connectivity index (χ2n) is 8.34. The average Bonchev–Trinajstić information content (AvgIpc) is 3.24. The number of amides is 2. The molecule has 2 N–H and O–H groups in total. The Labute approximate surface area is 220 Å². The molecule has 3 aromatic rings. The zero-order valence-electron chi connectivity index (χ0n) is 21.2. The third kappa shape index (κ3) is 7.78. The summed E-state index contributed by atoms with van der Waals surface area (Å²) < 4.78 is 6.91. The van der Waals surface area contributed by atoms with Crippen molar-refractivity contribution in [3.63, 3.8) is 0 Å². The standard InChI is InChI=1S/C27H31N5O4S/c1-5-13-32-22(16-23(33)29-25-18(3)9-7-10-19(25)4)30-31-27(32)37-17-24(34)28-21-12-8-11-20(15-21)26(35)36-14-6-2/h5,7-12,15H,1,6,13-14,16-17H2,2-4H3,(H,28,34)(H,29,33). The van der Waals surface area contributed by atoms with Gasteiger partial charge < -0.3 is 19.9 Å². The molecule has 0 aliphatic heterocycles. The molecule has 0 aliphatic carbocycles. The number of hydrogen-bond donors (Lipinski definition) is 2. The van der Waals surface area contributed by atoms with Crippen LogP contribution < -0.4 is 10.6 Å². The molecule has 0 bridgehead atoms. The number of nitrogens with zero attached hydrogens (tertiary/aromatic N) is 3. The smallest absolute Gasteiger partial charge is 0.338 e. The Hall–Kier alpha value is -3.92. The van der Waals surface area contributed by atoms with E-state index in [0.29, 0.717) is 35.4 Å². The second kappa shape index (κ2) is 13.4. The number of para-hydroxylation sites is 1. The van der Waals surface area contributed by atoms with Crippen molar-refractivity contribution in [3.05, 3.63) is 77.6 Å². The molecule has 37 heavy (non-hydrogen) atoms. The van der Waals surface area contributed by atoms with Gasteiger partial charge in [0.05, 0.1) is 24.3 Å². The van der Waals surface area contributed by atoms with Crippen LogP contribution in [-0.2, 0) is 27.3 Å². The molecular weight excluding hydrogens is 490 g/mol. The Kier molecular flexibility index (Phi) is 10.0. The quantitative estimate of drug-likeness (QED) is 0.204. The van der Waals surface area contributed by atoms with Gasteiger partial charge in [0.15, 0.2) is 5.16 Å². The highest BCUT2D eigenvalue weighted by atomic mass is 32.2. The van der Waals surface area contributed by atoms with Crippen LogP contribution in [-0.4, -0.2) is 44.9 Å². The number of carbonyl (C=O) groups is 3. The number of esters is 1. The SMILES string of the molecule is C=CCn1c(CC(=O)Nc2c(C)cccc2C)nnc1SCC(=O)Nc1cccc(C(=O)OCCC)c1. The molecule has 0 radical (unpaired) electrons. The number of hydrogen-bond acceptors (Lipinski definition) is 7. The summed E-state index contributed by atoms with van der Waals surface area (Å²) in [6.07, 6.45) is 2.44. The lowest BCUT2D eigenvalue weighted by Crippen LogP contribution is -2.19. The average molecular weight is 522 g/mol. The van der Waals surface area contributed by atoms with Gasteiger partial charge in [-0.25, -0.2) is 4.79 Å². The highest BCUT2D eigenvalue weighted by molar-refractivity contribution is 7.99. The number of rotatable bonds is 12. The lowest BCUT2D eigenvalue weighted by molar-refractivity contribution is -0.116. The van der Waals surface area contributed by atoms with Crippen molar-refractivity contribution in [1.82, 2.24) is 14.8 Å². The third-order valence-electron chi connectivity index (χ3n) is 5.32. The minimum atomic E-state index is -0.431. The molecular formula is C27H31N5O4S. The molecule has 194 valence electrons. The van der Waals surface area contributed by atoms with Crippen LogP contribution in [0.5, 0.6) is 0 Å². The first-order valence-corrected chi connectivity index (χ1v) is 12.9. The molecule has 2 aromatic carbocycles. The van der Waals surface area contributed by atoms with Gasteiger partial charge in [0.2, 0.25) is 11.8 Å². The fraction of sp³-hybridized carbons (Fsp3) is 0.296.